The number of carbonyl (C=O) groups excluding carboxylic acids is 2. The zero-order valence-electron chi connectivity index (χ0n) is 6.33. The number of aliphatic hydroxyl groups is 1. The van der Waals surface area contributed by atoms with Crippen molar-refractivity contribution < 1.29 is 14.7 Å². The van der Waals surface area contributed by atoms with E-state index < -0.39 is 5.92 Å². The van der Waals surface area contributed by atoms with Crippen molar-refractivity contribution in [2.24, 2.45) is 11.8 Å². The second-order valence-electron chi connectivity index (χ2n) is 2.87. The van der Waals surface area contributed by atoms with Crippen LogP contribution in [0.15, 0.2) is 0 Å². The van der Waals surface area contributed by atoms with Crippen molar-refractivity contribution in [3.8, 4) is 0 Å². The van der Waals surface area contributed by atoms with Gasteiger partial charge in [-0.2, -0.15) is 0 Å². The van der Waals surface area contributed by atoms with E-state index in [4.69, 9.17) is 5.11 Å². The zero-order chi connectivity index (χ0) is 8.43. The van der Waals surface area contributed by atoms with Crippen molar-refractivity contribution >= 4 is 11.8 Å². The lowest BCUT2D eigenvalue weighted by atomic mass is 9.91. The van der Waals surface area contributed by atoms with Gasteiger partial charge in [0.15, 0.2) is 0 Å². The van der Waals surface area contributed by atoms with E-state index >= 15 is 0 Å². The summed E-state index contributed by atoms with van der Waals surface area (Å²) in [5, 5.41) is 10.9. The summed E-state index contributed by atoms with van der Waals surface area (Å²) >= 11 is 0. The van der Waals surface area contributed by atoms with Gasteiger partial charge >= 0.3 is 0 Å². The Balaban J connectivity index is 2.62. The lowest BCUT2D eigenvalue weighted by molar-refractivity contribution is -0.140. The molecule has 62 valence electrons. The fourth-order valence-electron chi connectivity index (χ4n) is 1.14. The summed E-state index contributed by atoms with van der Waals surface area (Å²) in [5.41, 5.74) is 0. The van der Waals surface area contributed by atoms with Gasteiger partial charge in [0, 0.05) is 5.92 Å². The first kappa shape index (κ1) is 8.20. The van der Waals surface area contributed by atoms with E-state index in [2.05, 4.69) is 5.32 Å². The Bertz CT molecular complexity index is 190. The van der Waals surface area contributed by atoms with E-state index in [0.717, 1.165) is 0 Å². The van der Waals surface area contributed by atoms with Gasteiger partial charge < -0.3 is 5.11 Å². The average molecular weight is 157 g/mol. The molecule has 1 rings (SSSR count). The highest BCUT2D eigenvalue weighted by Crippen LogP contribution is 2.16. The summed E-state index contributed by atoms with van der Waals surface area (Å²) in [6, 6.07) is 0. The lowest BCUT2D eigenvalue weighted by Crippen LogP contribution is -2.46. The summed E-state index contributed by atoms with van der Waals surface area (Å²) in [6.07, 6.45) is 0.459. The van der Waals surface area contributed by atoms with Gasteiger partial charge in [0.05, 0.1) is 12.5 Å². The Kier molecular flexibility index (Phi) is 2.24. The predicted octanol–water partition coefficient (Wildman–Crippen LogP) is -0.723. The third-order valence-corrected chi connectivity index (χ3v) is 1.92. The van der Waals surface area contributed by atoms with E-state index in [1.807, 2.05) is 0 Å². The monoisotopic (exact) mass is 157 g/mol. The third-order valence-electron chi connectivity index (χ3n) is 1.92. The van der Waals surface area contributed by atoms with Crippen LogP contribution in [0.2, 0.25) is 0 Å². The zero-order valence-corrected chi connectivity index (χ0v) is 6.33. The van der Waals surface area contributed by atoms with Crippen molar-refractivity contribution in [1.29, 1.82) is 0 Å². The minimum atomic E-state index is -0.400. The molecule has 1 saturated heterocycles. The Hall–Kier alpha value is -0.900. The van der Waals surface area contributed by atoms with Crippen LogP contribution in [0.5, 0.6) is 0 Å². The van der Waals surface area contributed by atoms with E-state index in [-0.39, 0.29) is 24.3 Å². The van der Waals surface area contributed by atoms with Gasteiger partial charge in [-0.25, -0.2) is 0 Å². The molecule has 1 heterocycles. The topological polar surface area (TPSA) is 66.4 Å². The molecule has 1 aliphatic heterocycles. The highest BCUT2D eigenvalue weighted by atomic mass is 16.3. The molecule has 1 fully saturated rings. The maximum Gasteiger partial charge on any atom is 0.232 e. The SMILES string of the molecule is CC1CC(CO)C(=O)NC1=O. The molecular formula is C7H11NO3. The summed E-state index contributed by atoms with van der Waals surface area (Å²) in [7, 11) is 0. The molecule has 0 aromatic carbocycles. The second-order valence-corrected chi connectivity index (χ2v) is 2.87. The van der Waals surface area contributed by atoms with Gasteiger partial charge in [0.1, 0.15) is 0 Å². The van der Waals surface area contributed by atoms with Gasteiger partial charge in [-0.15, -0.1) is 0 Å². The number of piperidine rings is 1. The van der Waals surface area contributed by atoms with Crippen LogP contribution in [0.25, 0.3) is 0 Å². The van der Waals surface area contributed by atoms with Crippen LogP contribution in [-0.4, -0.2) is 23.5 Å². The first-order valence-electron chi connectivity index (χ1n) is 3.60. The highest BCUT2D eigenvalue weighted by Gasteiger charge is 2.30. The normalized spacial score (nSPS) is 31.8. The van der Waals surface area contributed by atoms with Gasteiger partial charge in [0.2, 0.25) is 11.8 Å². The molecule has 0 aromatic heterocycles. The summed E-state index contributed by atoms with van der Waals surface area (Å²) < 4.78 is 0. The number of rotatable bonds is 1. The fraction of sp³-hybridized carbons (Fsp3) is 0.714. The molecule has 2 unspecified atom stereocenters. The lowest BCUT2D eigenvalue weighted by Gasteiger charge is -2.23. The maximum absolute atomic E-state index is 10.9. The summed E-state index contributed by atoms with van der Waals surface area (Å²) in [4.78, 5) is 21.7. The molecule has 2 atom stereocenters. The van der Waals surface area contributed by atoms with Crippen LogP contribution in [0.4, 0.5) is 0 Å². The third kappa shape index (κ3) is 1.57. The average Bonchev–Trinajstić information content (AvgIpc) is 1.97. The molecule has 0 bridgehead atoms. The van der Waals surface area contributed by atoms with Gasteiger partial charge in [-0.3, -0.25) is 14.9 Å². The first-order valence-corrected chi connectivity index (χ1v) is 3.60. The van der Waals surface area contributed by atoms with Gasteiger partial charge in [-0.05, 0) is 6.42 Å². The molecule has 0 spiro atoms. The van der Waals surface area contributed by atoms with Crippen LogP contribution >= 0.6 is 0 Å². The Morgan fingerprint density at radius 1 is 1.55 bits per heavy atom. The summed E-state index contributed by atoms with van der Waals surface area (Å²) in [6.45, 7) is 1.56. The van der Waals surface area contributed by atoms with Crippen LogP contribution < -0.4 is 5.32 Å². The molecule has 11 heavy (non-hydrogen) atoms. The van der Waals surface area contributed by atoms with Crippen LogP contribution in [0.3, 0.4) is 0 Å². The number of aliphatic hydroxyl groups excluding tert-OH is 1. The molecule has 0 radical (unpaired) electrons. The maximum atomic E-state index is 10.9. The standard InChI is InChI=1S/C7H11NO3/c1-4-2-5(3-9)7(11)8-6(4)10/h4-5,9H,2-3H2,1H3,(H,8,10,11). The first-order chi connectivity index (χ1) is 5.15. The van der Waals surface area contributed by atoms with E-state index in [9.17, 15) is 9.59 Å². The van der Waals surface area contributed by atoms with Crippen molar-refractivity contribution in [2.75, 3.05) is 6.61 Å². The number of hydrogen-bond donors (Lipinski definition) is 2. The molecule has 0 saturated carbocycles. The van der Waals surface area contributed by atoms with Crippen LogP contribution in [0.1, 0.15) is 13.3 Å². The molecule has 2 N–H and O–H groups in total. The van der Waals surface area contributed by atoms with Crippen molar-refractivity contribution in [1.82, 2.24) is 5.32 Å². The van der Waals surface area contributed by atoms with E-state index in [1.165, 1.54) is 0 Å². The molecule has 4 heteroatoms. The number of carbonyl (C=O) groups is 2. The van der Waals surface area contributed by atoms with Crippen LogP contribution in [-0.2, 0) is 9.59 Å². The molecule has 4 nitrogen and oxygen atoms in total. The second kappa shape index (κ2) is 3.00. The molecule has 1 aliphatic rings. The van der Waals surface area contributed by atoms with Crippen molar-refractivity contribution in [3.05, 3.63) is 0 Å². The smallest absolute Gasteiger partial charge is 0.232 e. The van der Waals surface area contributed by atoms with Gasteiger partial charge in [0.25, 0.3) is 0 Å². The predicted molar refractivity (Wildman–Crippen MR) is 37.5 cm³/mol. The highest BCUT2D eigenvalue weighted by molar-refractivity contribution is 5.99. The molecule has 0 aliphatic carbocycles. The minimum absolute atomic E-state index is 0.162. The molecule has 0 aromatic rings. The minimum Gasteiger partial charge on any atom is -0.396 e. The Morgan fingerprint density at radius 2 is 2.18 bits per heavy atom. The number of hydrogen-bond acceptors (Lipinski definition) is 3. The fourth-order valence-corrected chi connectivity index (χ4v) is 1.14. The number of amides is 2. The quantitative estimate of drug-likeness (QED) is 0.493. The molecular weight excluding hydrogens is 146 g/mol. The van der Waals surface area contributed by atoms with Gasteiger partial charge in [-0.1, -0.05) is 6.92 Å². The number of imide groups is 1. The Morgan fingerprint density at radius 3 is 2.73 bits per heavy atom. The largest absolute Gasteiger partial charge is 0.396 e. The van der Waals surface area contributed by atoms with Crippen LogP contribution in [0, 0.1) is 11.8 Å². The summed E-state index contributed by atoms with van der Waals surface area (Å²) in [5.74, 6) is -1.15. The van der Waals surface area contributed by atoms with Crippen molar-refractivity contribution in [2.45, 2.75) is 13.3 Å². The molecule has 2 amide bonds. The van der Waals surface area contributed by atoms with E-state index in [0.29, 0.717) is 6.42 Å². The number of nitrogens with one attached hydrogen (secondary N) is 1. The van der Waals surface area contributed by atoms with E-state index in [1.54, 1.807) is 6.92 Å². The Labute approximate surface area is 64.6 Å². The van der Waals surface area contributed by atoms with Crippen molar-refractivity contribution in [3.63, 3.8) is 0 Å².